The Labute approximate surface area is 146 Å². The van der Waals surface area contributed by atoms with E-state index in [-0.39, 0.29) is 30.6 Å². The fourth-order valence-electron chi connectivity index (χ4n) is 2.87. The molecule has 0 aromatic heterocycles. The minimum absolute atomic E-state index is 0.0402. The van der Waals surface area contributed by atoms with E-state index in [1.54, 1.807) is 0 Å². The highest BCUT2D eigenvalue weighted by Gasteiger charge is 2.22. The van der Waals surface area contributed by atoms with Crippen LogP contribution in [-0.4, -0.2) is 29.8 Å². The summed E-state index contributed by atoms with van der Waals surface area (Å²) in [5.74, 6) is -1.59. The van der Waals surface area contributed by atoms with E-state index in [2.05, 4.69) is 5.32 Å². The largest absolute Gasteiger partial charge is 0.453 e. The lowest BCUT2D eigenvalue weighted by molar-refractivity contribution is -0.155. The third-order valence-corrected chi connectivity index (χ3v) is 4.35. The number of hydrogen-bond acceptors (Lipinski definition) is 4. The summed E-state index contributed by atoms with van der Waals surface area (Å²) in [7, 11) is 0. The number of Topliss-reactive ketones (excluding diaryl/α,β-unsaturated/α-hetero) is 1. The lowest BCUT2D eigenvalue weighted by atomic mass is 9.95. The SMILES string of the molecule is C[C@@H](OC(=O)CCC(=O)c1ccc(F)cc1)C(=O)NC1CCCCC1. The van der Waals surface area contributed by atoms with Crippen molar-refractivity contribution in [2.45, 2.75) is 64.0 Å². The topological polar surface area (TPSA) is 72.5 Å². The summed E-state index contributed by atoms with van der Waals surface area (Å²) in [6.45, 7) is 1.53. The lowest BCUT2D eigenvalue weighted by Gasteiger charge is -2.24. The highest BCUT2D eigenvalue weighted by molar-refractivity contribution is 5.97. The van der Waals surface area contributed by atoms with Crippen LogP contribution in [0.2, 0.25) is 0 Å². The second-order valence-corrected chi connectivity index (χ2v) is 6.41. The molecule has 0 heterocycles. The molecule has 0 radical (unpaired) electrons. The van der Waals surface area contributed by atoms with Gasteiger partial charge >= 0.3 is 5.97 Å². The van der Waals surface area contributed by atoms with Gasteiger partial charge in [0.15, 0.2) is 11.9 Å². The number of ketones is 1. The number of benzene rings is 1. The van der Waals surface area contributed by atoms with E-state index in [0.717, 1.165) is 25.7 Å². The van der Waals surface area contributed by atoms with Crippen molar-refractivity contribution >= 4 is 17.7 Å². The van der Waals surface area contributed by atoms with Crippen LogP contribution in [0.1, 0.15) is 62.2 Å². The van der Waals surface area contributed by atoms with Gasteiger partial charge in [-0.1, -0.05) is 19.3 Å². The first-order chi connectivity index (χ1) is 12.0. The Balaban J connectivity index is 1.72. The van der Waals surface area contributed by atoms with E-state index in [4.69, 9.17) is 4.74 Å². The molecular formula is C19H24FNO4. The number of carbonyl (C=O) groups is 3. The third kappa shape index (κ3) is 6.29. The van der Waals surface area contributed by atoms with E-state index in [9.17, 15) is 18.8 Å². The van der Waals surface area contributed by atoms with Crippen molar-refractivity contribution in [3.63, 3.8) is 0 Å². The Morgan fingerprint density at radius 1 is 1.12 bits per heavy atom. The monoisotopic (exact) mass is 349 g/mol. The van der Waals surface area contributed by atoms with Crippen LogP contribution < -0.4 is 5.32 Å². The van der Waals surface area contributed by atoms with Crippen LogP contribution in [0.15, 0.2) is 24.3 Å². The molecule has 1 N–H and O–H groups in total. The van der Waals surface area contributed by atoms with E-state index < -0.39 is 17.9 Å². The highest BCUT2D eigenvalue weighted by atomic mass is 19.1. The summed E-state index contributed by atoms with van der Waals surface area (Å²) in [4.78, 5) is 35.8. The first-order valence-electron chi connectivity index (χ1n) is 8.74. The average Bonchev–Trinajstić information content (AvgIpc) is 2.61. The van der Waals surface area contributed by atoms with Gasteiger partial charge in [0, 0.05) is 18.0 Å². The number of halogens is 1. The van der Waals surface area contributed by atoms with Gasteiger partial charge < -0.3 is 10.1 Å². The number of amides is 1. The molecule has 5 nitrogen and oxygen atoms in total. The maximum Gasteiger partial charge on any atom is 0.307 e. The van der Waals surface area contributed by atoms with E-state index >= 15 is 0 Å². The van der Waals surface area contributed by atoms with Gasteiger partial charge in [-0.3, -0.25) is 14.4 Å². The molecule has 6 heteroatoms. The van der Waals surface area contributed by atoms with Gasteiger partial charge in [0.2, 0.25) is 0 Å². The number of nitrogens with one attached hydrogen (secondary N) is 1. The Morgan fingerprint density at radius 3 is 2.40 bits per heavy atom. The first-order valence-corrected chi connectivity index (χ1v) is 8.74. The first kappa shape index (κ1) is 19.1. The maximum atomic E-state index is 12.8. The van der Waals surface area contributed by atoms with Crippen LogP contribution in [0.4, 0.5) is 4.39 Å². The zero-order chi connectivity index (χ0) is 18.2. The Bertz CT molecular complexity index is 608. The quantitative estimate of drug-likeness (QED) is 0.606. The van der Waals surface area contributed by atoms with E-state index in [1.165, 1.54) is 37.6 Å². The molecule has 1 aromatic carbocycles. The molecule has 0 bridgehead atoms. The molecule has 1 aliphatic carbocycles. The molecule has 1 amide bonds. The number of ether oxygens (including phenoxy) is 1. The van der Waals surface area contributed by atoms with Gasteiger partial charge in [0.05, 0.1) is 6.42 Å². The molecule has 1 aliphatic rings. The zero-order valence-corrected chi connectivity index (χ0v) is 14.4. The van der Waals surface area contributed by atoms with Gasteiger partial charge in [-0.2, -0.15) is 0 Å². The molecule has 2 rings (SSSR count). The number of rotatable bonds is 7. The molecular weight excluding hydrogens is 325 g/mol. The van der Waals surface area contributed by atoms with Crippen LogP contribution in [0, 0.1) is 5.82 Å². The summed E-state index contributed by atoms with van der Waals surface area (Å²) >= 11 is 0. The smallest absolute Gasteiger partial charge is 0.307 e. The van der Waals surface area contributed by atoms with Gasteiger partial charge in [0.1, 0.15) is 5.82 Å². The molecule has 0 spiro atoms. The van der Waals surface area contributed by atoms with Crippen molar-refractivity contribution in [1.82, 2.24) is 5.32 Å². The zero-order valence-electron chi connectivity index (χ0n) is 14.4. The molecule has 1 atom stereocenters. The standard InChI is InChI=1S/C19H24FNO4/c1-13(19(24)21-16-5-3-2-4-6-16)25-18(23)12-11-17(22)14-7-9-15(20)10-8-14/h7-10,13,16H,2-6,11-12H2,1H3,(H,21,24)/t13-/m1/s1. The predicted octanol–water partition coefficient (Wildman–Crippen LogP) is 3.17. The van der Waals surface area contributed by atoms with Gasteiger partial charge in [-0.25, -0.2) is 4.39 Å². The van der Waals surface area contributed by atoms with Crippen molar-refractivity contribution in [2.75, 3.05) is 0 Å². The summed E-state index contributed by atoms with van der Waals surface area (Å²) in [6, 6.07) is 5.31. The molecule has 1 aromatic rings. The third-order valence-electron chi connectivity index (χ3n) is 4.35. The Kier molecular flexibility index (Phi) is 7.10. The lowest BCUT2D eigenvalue weighted by Crippen LogP contribution is -2.42. The average molecular weight is 349 g/mol. The Hall–Kier alpha value is -2.24. The van der Waals surface area contributed by atoms with Crippen molar-refractivity contribution < 1.29 is 23.5 Å². The molecule has 25 heavy (non-hydrogen) atoms. The summed E-state index contributed by atoms with van der Waals surface area (Å²) in [5, 5.41) is 2.90. The number of esters is 1. The molecule has 1 fully saturated rings. The molecule has 1 saturated carbocycles. The van der Waals surface area contributed by atoms with Crippen LogP contribution >= 0.6 is 0 Å². The van der Waals surface area contributed by atoms with Crippen molar-refractivity contribution in [2.24, 2.45) is 0 Å². The predicted molar refractivity (Wildman–Crippen MR) is 90.5 cm³/mol. The van der Waals surface area contributed by atoms with Crippen LogP contribution in [0.25, 0.3) is 0 Å². The molecule has 136 valence electrons. The van der Waals surface area contributed by atoms with Crippen LogP contribution in [-0.2, 0) is 14.3 Å². The second-order valence-electron chi connectivity index (χ2n) is 6.41. The molecule has 0 aliphatic heterocycles. The maximum absolute atomic E-state index is 12.8. The minimum atomic E-state index is -0.879. The van der Waals surface area contributed by atoms with E-state index in [0.29, 0.717) is 5.56 Å². The summed E-state index contributed by atoms with van der Waals surface area (Å²) in [6.07, 6.45) is 4.28. The van der Waals surface area contributed by atoms with E-state index in [1.807, 2.05) is 0 Å². The minimum Gasteiger partial charge on any atom is -0.453 e. The normalized spacial score (nSPS) is 16.1. The van der Waals surface area contributed by atoms with Crippen molar-refractivity contribution in [3.8, 4) is 0 Å². The van der Waals surface area contributed by atoms with Crippen molar-refractivity contribution in [3.05, 3.63) is 35.6 Å². The number of hydrogen-bond donors (Lipinski definition) is 1. The summed E-state index contributed by atoms with van der Waals surface area (Å²) < 4.78 is 17.9. The number of carbonyl (C=O) groups excluding carboxylic acids is 3. The van der Waals surface area contributed by atoms with Crippen molar-refractivity contribution in [1.29, 1.82) is 0 Å². The van der Waals surface area contributed by atoms with Crippen LogP contribution in [0.3, 0.4) is 0 Å². The molecule has 0 unspecified atom stereocenters. The Morgan fingerprint density at radius 2 is 1.76 bits per heavy atom. The molecule has 0 saturated heterocycles. The van der Waals surface area contributed by atoms with Crippen LogP contribution in [0.5, 0.6) is 0 Å². The van der Waals surface area contributed by atoms with Gasteiger partial charge in [-0.05, 0) is 44.0 Å². The highest BCUT2D eigenvalue weighted by Crippen LogP contribution is 2.17. The fraction of sp³-hybridized carbons (Fsp3) is 0.526. The van der Waals surface area contributed by atoms with Gasteiger partial charge in [-0.15, -0.1) is 0 Å². The van der Waals surface area contributed by atoms with Gasteiger partial charge in [0.25, 0.3) is 5.91 Å². The summed E-state index contributed by atoms with van der Waals surface area (Å²) in [5.41, 5.74) is 0.345. The second kappa shape index (κ2) is 9.30. The fourth-order valence-corrected chi connectivity index (χ4v) is 2.87.